The molecule has 1 aromatic heterocycles. The first kappa shape index (κ1) is 21.6. The number of nitrogen functional groups attached to an aromatic ring is 1. The molecule has 0 unspecified atom stereocenters. The van der Waals surface area contributed by atoms with Gasteiger partial charge in [-0.25, -0.2) is 18.1 Å². The van der Waals surface area contributed by atoms with Crippen molar-refractivity contribution in [2.45, 2.75) is 51.5 Å². The van der Waals surface area contributed by atoms with Crippen LogP contribution in [0.1, 0.15) is 40.5 Å². The summed E-state index contributed by atoms with van der Waals surface area (Å²) in [6.07, 6.45) is 0.657. The van der Waals surface area contributed by atoms with Gasteiger partial charge in [0.05, 0.1) is 16.7 Å². The van der Waals surface area contributed by atoms with Gasteiger partial charge in [-0.05, 0) is 38.3 Å². The van der Waals surface area contributed by atoms with E-state index in [0.29, 0.717) is 29.5 Å². The van der Waals surface area contributed by atoms with Gasteiger partial charge < -0.3 is 10.5 Å². The summed E-state index contributed by atoms with van der Waals surface area (Å²) >= 11 is 0. The van der Waals surface area contributed by atoms with Gasteiger partial charge in [0.2, 0.25) is 17.7 Å². The lowest BCUT2D eigenvalue weighted by Gasteiger charge is -2.11. The Morgan fingerprint density at radius 3 is 2.54 bits per heavy atom. The lowest BCUT2D eigenvalue weighted by atomic mass is 10.1. The normalized spacial score (nSPS) is 11.6. The van der Waals surface area contributed by atoms with E-state index in [9.17, 15) is 13.2 Å². The van der Waals surface area contributed by atoms with Crippen LogP contribution in [0.15, 0.2) is 35.2 Å². The van der Waals surface area contributed by atoms with Crippen LogP contribution >= 0.6 is 0 Å². The van der Waals surface area contributed by atoms with Crippen molar-refractivity contribution >= 4 is 21.9 Å². The Labute approximate surface area is 165 Å². The van der Waals surface area contributed by atoms with Crippen LogP contribution in [0.3, 0.4) is 0 Å². The molecule has 0 bridgehead atoms. The minimum absolute atomic E-state index is 0.0170. The number of aromatic nitrogens is 2. The number of anilines is 1. The van der Waals surface area contributed by atoms with Gasteiger partial charge in [-0.1, -0.05) is 26.0 Å². The van der Waals surface area contributed by atoms with Crippen molar-refractivity contribution in [3.05, 3.63) is 30.3 Å². The molecule has 0 spiro atoms. The molecular formula is C19H26N4O4S. The summed E-state index contributed by atoms with van der Waals surface area (Å²) in [4.78, 5) is 20.1. The number of hydrogen-bond donors (Lipinski definition) is 2. The van der Waals surface area contributed by atoms with Crippen LogP contribution in [0.2, 0.25) is 0 Å². The fourth-order valence-corrected chi connectivity index (χ4v) is 3.45. The minimum atomic E-state index is -3.98. The molecule has 1 aromatic carbocycles. The molecule has 0 aliphatic heterocycles. The molecule has 0 aliphatic carbocycles. The number of nitrogens with one attached hydrogen (secondary N) is 1. The number of hydrogen-bond acceptors (Lipinski definition) is 7. The van der Waals surface area contributed by atoms with E-state index < -0.39 is 15.9 Å². The van der Waals surface area contributed by atoms with Gasteiger partial charge in [0.25, 0.3) is 10.0 Å². The zero-order chi connectivity index (χ0) is 20.9. The number of rotatable bonds is 8. The molecule has 0 aliphatic rings. The van der Waals surface area contributed by atoms with Crippen molar-refractivity contribution in [1.29, 1.82) is 0 Å². The van der Waals surface area contributed by atoms with Gasteiger partial charge in [0, 0.05) is 18.1 Å². The summed E-state index contributed by atoms with van der Waals surface area (Å²) in [5, 5.41) is 0. The third-order valence-corrected chi connectivity index (χ3v) is 5.08. The van der Waals surface area contributed by atoms with E-state index in [1.165, 1.54) is 12.1 Å². The summed E-state index contributed by atoms with van der Waals surface area (Å²) < 4.78 is 32.7. The van der Waals surface area contributed by atoms with E-state index in [1.807, 2.05) is 27.7 Å². The average molecular weight is 407 g/mol. The van der Waals surface area contributed by atoms with Crippen molar-refractivity contribution in [2.24, 2.45) is 5.92 Å². The first-order valence-electron chi connectivity index (χ1n) is 9.04. The Balaban J connectivity index is 2.29. The van der Waals surface area contributed by atoms with Crippen LogP contribution in [0.25, 0.3) is 11.3 Å². The van der Waals surface area contributed by atoms with Gasteiger partial charge >= 0.3 is 0 Å². The molecule has 28 heavy (non-hydrogen) atoms. The molecule has 0 saturated carbocycles. The van der Waals surface area contributed by atoms with Gasteiger partial charge in [-0.2, -0.15) is 4.98 Å². The Hall–Kier alpha value is -2.68. The molecule has 3 N–H and O–H groups in total. The van der Waals surface area contributed by atoms with Crippen molar-refractivity contribution < 1.29 is 17.9 Å². The van der Waals surface area contributed by atoms with Crippen molar-refractivity contribution in [3.8, 4) is 17.1 Å². The number of amides is 1. The molecule has 152 valence electrons. The van der Waals surface area contributed by atoms with E-state index in [4.69, 9.17) is 10.5 Å². The molecular weight excluding hydrogens is 380 g/mol. The lowest BCUT2D eigenvalue weighted by Crippen LogP contribution is -2.30. The second kappa shape index (κ2) is 9.01. The van der Waals surface area contributed by atoms with E-state index in [-0.39, 0.29) is 23.4 Å². The molecule has 8 nitrogen and oxygen atoms in total. The summed E-state index contributed by atoms with van der Waals surface area (Å²) in [6, 6.07) is 7.70. The maximum Gasteiger partial charge on any atom is 0.264 e. The number of carbonyl (C=O) groups is 1. The summed E-state index contributed by atoms with van der Waals surface area (Å²) in [5.41, 5.74) is 6.68. The van der Waals surface area contributed by atoms with Gasteiger partial charge in [-0.3, -0.25) is 4.79 Å². The topological polar surface area (TPSA) is 124 Å². The SMILES string of the molecule is CC(C)CCC(=O)NS(=O)(=O)c1cccc(-c2cc(OC(C)C)nc(N)n2)c1. The highest BCUT2D eigenvalue weighted by Gasteiger charge is 2.19. The van der Waals surface area contributed by atoms with Crippen LogP contribution < -0.4 is 15.2 Å². The fourth-order valence-electron chi connectivity index (χ4n) is 2.39. The Kier molecular flexibility index (Phi) is 6.95. The predicted octanol–water partition coefficient (Wildman–Crippen LogP) is 2.75. The number of sulfonamides is 1. The first-order chi connectivity index (χ1) is 13.1. The first-order valence-corrected chi connectivity index (χ1v) is 10.5. The molecule has 1 amide bonds. The minimum Gasteiger partial charge on any atom is -0.475 e. The average Bonchev–Trinajstić information content (AvgIpc) is 2.58. The summed E-state index contributed by atoms with van der Waals surface area (Å²) in [7, 11) is -3.98. The van der Waals surface area contributed by atoms with Crippen LogP contribution in [0.4, 0.5) is 5.95 Å². The van der Waals surface area contributed by atoms with Crippen LogP contribution in [-0.2, 0) is 14.8 Å². The summed E-state index contributed by atoms with van der Waals surface area (Å²) in [5.74, 6) is 0.0939. The van der Waals surface area contributed by atoms with Gasteiger partial charge in [0.1, 0.15) is 0 Å². The number of nitrogens with two attached hydrogens (primary N) is 1. The number of nitrogens with zero attached hydrogens (tertiary/aromatic N) is 2. The molecule has 2 aromatic rings. The zero-order valence-corrected chi connectivity index (χ0v) is 17.3. The number of ether oxygens (including phenoxy) is 1. The number of benzene rings is 1. The monoisotopic (exact) mass is 406 g/mol. The zero-order valence-electron chi connectivity index (χ0n) is 16.5. The molecule has 0 fully saturated rings. The predicted molar refractivity (Wildman–Crippen MR) is 107 cm³/mol. The largest absolute Gasteiger partial charge is 0.475 e. The highest BCUT2D eigenvalue weighted by molar-refractivity contribution is 7.90. The second-order valence-electron chi connectivity index (χ2n) is 7.11. The molecule has 0 saturated heterocycles. The molecule has 1 heterocycles. The standard InChI is InChI=1S/C19H26N4O4S/c1-12(2)8-9-17(24)23-28(25,26)15-7-5-6-14(10-15)16-11-18(27-13(3)4)22-19(20)21-16/h5-7,10-13H,8-9H2,1-4H3,(H,23,24)(H2,20,21,22). The molecule has 2 rings (SSSR count). The third-order valence-electron chi connectivity index (χ3n) is 3.71. The smallest absolute Gasteiger partial charge is 0.264 e. The fraction of sp³-hybridized carbons (Fsp3) is 0.421. The Morgan fingerprint density at radius 2 is 1.89 bits per heavy atom. The molecule has 0 radical (unpaired) electrons. The van der Waals surface area contributed by atoms with Gasteiger partial charge in [-0.15, -0.1) is 0 Å². The highest BCUT2D eigenvalue weighted by atomic mass is 32.2. The summed E-state index contributed by atoms with van der Waals surface area (Å²) in [6.45, 7) is 7.64. The van der Waals surface area contributed by atoms with Crippen LogP contribution in [-0.4, -0.2) is 30.4 Å². The van der Waals surface area contributed by atoms with Crippen molar-refractivity contribution in [3.63, 3.8) is 0 Å². The van der Waals surface area contributed by atoms with Crippen LogP contribution in [0.5, 0.6) is 5.88 Å². The maximum atomic E-state index is 12.5. The highest BCUT2D eigenvalue weighted by Crippen LogP contribution is 2.24. The van der Waals surface area contributed by atoms with Crippen molar-refractivity contribution in [1.82, 2.24) is 14.7 Å². The van der Waals surface area contributed by atoms with E-state index >= 15 is 0 Å². The quantitative estimate of drug-likeness (QED) is 0.690. The second-order valence-corrected chi connectivity index (χ2v) is 8.79. The number of carbonyl (C=O) groups excluding carboxylic acids is 1. The van der Waals surface area contributed by atoms with Gasteiger partial charge in [0.15, 0.2) is 0 Å². The van der Waals surface area contributed by atoms with E-state index in [1.54, 1.807) is 18.2 Å². The molecule has 0 atom stereocenters. The van der Waals surface area contributed by atoms with E-state index in [2.05, 4.69) is 14.7 Å². The van der Waals surface area contributed by atoms with E-state index in [0.717, 1.165) is 0 Å². The Bertz CT molecular complexity index is 943. The maximum absolute atomic E-state index is 12.5. The van der Waals surface area contributed by atoms with Crippen LogP contribution in [0, 0.1) is 5.92 Å². The third kappa shape index (κ3) is 6.19. The lowest BCUT2D eigenvalue weighted by molar-refractivity contribution is -0.119. The molecule has 9 heteroatoms. The Morgan fingerprint density at radius 1 is 1.18 bits per heavy atom. The van der Waals surface area contributed by atoms with Crippen molar-refractivity contribution in [2.75, 3.05) is 5.73 Å².